The zero-order valence-corrected chi connectivity index (χ0v) is 17.8. The van der Waals surface area contributed by atoms with Gasteiger partial charge >= 0.3 is 18.3 Å². The molecule has 1 aliphatic heterocycles. The number of halogens is 6. The van der Waals surface area contributed by atoms with Gasteiger partial charge in [-0.1, -0.05) is 24.3 Å². The summed E-state index contributed by atoms with van der Waals surface area (Å²) in [5.74, 6) is -1.70. The Morgan fingerprint density at radius 1 is 0.788 bits per heavy atom. The molecule has 3 nitrogen and oxygen atoms in total. The van der Waals surface area contributed by atoms with Gasteiger partial charge in [0, 0.05) is 7.05 Å². The number of nitrogens with zero attached hydrogens (tertiary/aromatic N) is 1. The molecule has 0 saturated carbocycles. The quantitative estimate of drug-likeness (QED) is 0.241. The average Bonchev–Trinajstić information content (AvgIpc) is 2.76. The first kappa shape index (κ1) is 23.0. The van der Waals surface area contributed by atoms with Crippen LogP contribution in [0.1, 0.15) is 10.4 Å². The molecule has 0 spiro atoms. The van der Waals surface area contributed by atoms with E-state index in [9.17, 15) is 31.1 Å². The first-order valence-electron chi connectivity index (χ1n) is 9.59. The van der Waals surface area contributed by atoms with Gasteiger partial charge in [0.25, 0.3) is 6.10 Å². The van der Waals surface area contributed by atoms with E-state index in [0.29, 0.717) is 0 Å². The van der Waals surface area contributed by atoms with Gasteiger partial charge in [0.2, 0.25) is 0 Å². The maximum Gasteiger partial charge on any atom is 0.434 e. The van der Waals surface area contributed by atoms with Crippen molar-refractivity contribution in [3.8, 4) is 0 Å². The Hall–Kier alpha value is -3.14. The van der Waals surface area contributed by atoms with Crippen molar-refractivity contribution in [2.24, 2.45) is 0 Å². The fourth-order valence-electron chi connectivity index (χ4n) is 3.54. The number of benzene rings is 3. The lowest BCUT2D eigenvalue weighted by Crippen LogP contribution is -2.45. The Morgan fingerprint density at radius 3 is 1.70 bits per heavy atom. The lowest BCUT2D eigenvalue weighted by Gasteiger charge is -2.28. The molecule has 0 unspecified atom stereocenters. The first-order valence-corrected chi connectivity index (χ1v) is 10.8. The van der Waals surface area contributed by atoms with Crippen LogP contribution in [0, 0.1) is 0 Å². The van der Waals surface area contributed by atoms with Gasteiger partial charge in [-0.25, -0.2) is 4.79 Å². The second kappa shape index (κ2) is 8.33. The van der Waals surface area contributed by atoms with E-state index in [1.54, 1.807) is 0 Å². The molecule has 3 aromatic rings. The van der Waals surface area contributed by atoms with Crippen LogP contribution >= 0.6 is 0 Å². The van der Waals surface area contributed by atoms with Crippen LogP contribution in [0.2, 0.25) is 0 Å². The number of ether oxygens (including phenoxy) is 1. The summed E-state index contributed by atoms with van der Waals surface area (Å²) in [7, 11) is 1.35. The average molecular weight is 484 g/mol. The van der Waals surface area contributed by atoms with Crippen molar-refractivity contribution in [3.05, 3.63) is 78.4 Å². The van der Waals surface area contributed by atoms with E-state index >= 15 is 0 Å². The third-order valence-corrected chi connectivity index (χ3v) is 7.35. The van der Waals surface area contributed by atoms with Gasteiger partial charge in [0.05, 0.1) is 16.9 Å². The Morgan fingerprint density at radius 2 is 1.24 bits per heavy atom. The van der Waals surface area contributed by atoms with Crippen LogP contribution in [0.25, 0.3) is 0 Å². The maximum atomic E-state index is 12.7. The molecule has 1 aliphatic rings. The van der Waals surface area contributed by atoms with Gasteiger partial charge in [-0.3, -0.25) is 0 Å². The topological polar surface area (TPSA) is 29.5 Å². The molecule has 0 bridgehead atoms. The second-order valence-corrected chi connectivity index (χ2v) is 9.16. The summed E-state index contributed by atoms with van der Waals surface area (Å²) in [5.41, 5.74) is 1.54. The number of para-hydroxylation sites is 2. The van der Waals surface area contributed by atoms with E-state index in [-0.39, 0.29) is 0 Å². The third kappa shape index (κ3) is 4.39. The predicted octanol–water partition coefficient (Wildman–Crippen LogP) is 6.51. The molecule has 3 aromatic carbocycles. The molecule has 4 rings (SSSR count). The summed E-state index contributed by atoms with van der Waals surface area (Å²) in [6.45, 7) is 0. The van der Waals surface area contributed by atoms with Crippen LogP contribution in [0.15, 0.2) is 87.5 Å². The molecule has 0 amide bonds. The van der Waals surface area contributed by atoms with E-state index in [4.69, 9.17) is 0 Å². The molecule has 172 valence electrons. The van der Waals surface area contributed by atoms with Crippen LogP contribution < -0.4 is 4.90 Å². The molecule has 0 aliphatic carbocycles. The lowest BCUT2D eigenvalue weighted by molar-refractivity contribution is -0.307. The second-order valence-electron chi connectivity index (χ2n) is 7.19. The highest BCUT2D eigenvalue weighted by atomic mass is 32.2. The van der Waals surface area contributed by atoms with E-state index in [2.05, 4.69) is 4.74 Å². The number of fused-ring (bicyclic) bond motifs is 2. The number of rotatable bonds is 3. The molecule has 0 aromatic heterocycles. The van der Waals surface area contributed by atoms with Crippen LogP contribution in [0.4, 0.5) is 37.7 Å². The number of hydrogen-bond donors (Lipinski definition) is 0. The summed E-state index contributed by atoms with van der Waals surface area (Å²) in [6, 6.07) is 20.8. The normalized spacial score (nSPS) is 14.1. The number of anilines is 2. The van der Waals surface area contributed by atoms with Crippen molar-refractivity contribution in [2.45, 2.75) is 33.1 Å². The Kier molecular flexibility index (Phi) is 5.81. The lowest BCUT2D eigenvalue weighted by atomic mass is 10.2. The molecule has 1 heterocycles. The minimum Gasteiger partial charge on any atom is -0.439 e. The minimum atomic E-state index is -5.77. The maximum absolute atomic E-state index is 12.7. The van der Waals surface area contributed by atoms with Crippen LogP contribution in [-0.2, 0) is 15.6 Å². The van der Waals surface area contributed by atoms with E-state index in [0.717, 1.165) is 26.1 Å². The Bertz CT molecular complexity index is 1120. The van der Waals surface area contributed by atoms with Crippen LogP contribution in [0.3, 0.4) is 0 Å². The highest BCUT2D eigenvalue weighted by Gasteiger charge is 2.60. The number of carbonyl (C=O) groups excluding carboxylic acids is 1. The first-order chi connectivity index (χ1) is 15.5. The molecule has 0 atom stereocenters. The van der Waals surface area contributed by atoms with Crippen molar-refractivity contribution < 1.29 is 35.9 Å². The molecule has 0 radical (unpaired) electrons. The molecule has 0 fully saturated rings. The molecule has 10 heteroatoms. The van der Waals surface area contributed by atoms with E-state index in [1.165, 1.54) is 24.3 Å². The van der Waals surface area contributed by atoms with Gasteiger partial charge < -0.3 is 9.64 Å². The van der Waals surface area contributed by atoms with Gasteiger partial charge in [-0.2, -0.15) is 26.3 Å². The van der Waals surface area contributed by atoms with Gasteiger partial charge in [0.15, 0.2) is 14.7 Å². The zero-order chi connectivity index (χ0) is 24.0. The standard InChI is InChI=1S/C23H16F6NO2S/c1-30-16-6-2-4-8-18(16)33(19-9-5-3-7-17(19)30)15-12-10-14(11-13-15)20(31)32-21(22(24,25)26)23(27,28)29/h2-13,21H,1H3/q+1. The highest BCUT2D eigenvalue weighted by molar-refractivity contribution is 7.97. The summed E-state index contributed by atoms with van der Waals surface area (Å²) in [6.07, 6.45) is -15.7. The monoisotopic (exact) mass is 484 g/mol. The largest absolute Gasteiger partial charge is 0.439 e. The number of hydrogen-bond acceptors (Lipinski definition) is 3. The van der Waals surface area contributed by atoms with Crippen molar-refractivity contribution >= 4 is 28.2 Å². The summed E-state index contributed by atoms with van der Waals surface area (Å²) < 4.78 is 80.1. The Labute approximate surface area is 187 Å². The van der Waals surface area contributed by atoms with Crippen LogP contribution in [-0.4, -0.2) is 31.5 Å². The predicted molar refractivity (Wildman–Crippen MR) is 111 cm³/mol. The minimum absolute atomic E-state index is 0.406. The smallest absolute Gasteiger partial charge is 0.434 e. The summed E-state index contributed by atoms with van der Waals surface area (Å²) in [4.78, 5) is 16.9. The zero-order valence-electron chi connectivity index (χ0n) is 16.9. The molecule has 33 heavy (non-hydrogen) atoms. The SMILES string of the molecule is CN1c2ccccc2[S+](c2ccc(C(=O)OC(C(F)(F)F)C(F)(F)F)cc2)c2ccccc21. The molecular formula is C23H16F6NO2S+. The fourth-order valence-corrected chi connectivity index (χ4v) is 5.95. The highest BCUT2D eigenvalue weighted by Crippen LogP contribution is 2.47. The molecular weight excluding hydrogens is 468 g/mol. The number of esters is 1. The number of alkyl halides is 6. The summed E-state index contributed by atoms with van der Waals surface area (Å²) in [5, 5.41) is 0. The van der Waals surface area contributed by atoms with Crippen molar-refractivity contribution in [1.29, 1.82) is 0 Å². The van der Waals surface area contributed by atoms with E-state index in [1.807, 2.05) is 60.5 Å². The van der Waals surface area contributed by atoms with Crippen molar-refractivity contribution in [3.63, 3.8) is 0 Å². The van der Waals surface area contributed by atoms with Crippen LogP contribution in [0.5, 0.6) is 0 Å². The van der Waals surface area contributed by atoms with E-state index < -0.39 is 40.9 Å². The molecule has 0 N–H and O–H groups in total. The van der Waals surface area contributed by atoms with Gasteiger partial charge in [-0.15, -0.1) is 0 Å². The number of carbonyl (C=O) groups is 1. The third-order valence-electron chi connectivity index (χ3n) is 5.04. The van der Waals surface area contributed by atoms with Gasteiger partial charge in [-0.05, 0) is 48.5 Å². The summed E-state index contributed by atoms with van der Waals surface area (Å²) >= 11 is 0. The van der Waals surface area contributed by atoms with Crippen molar-refractivity contribution in [1.82, 2.24) is 0 Å². The Balaban J connectivity index is 1.67. The molecule has 0 saturated heterocycles. The fraction of sp³-hybridized carbons (Fsp3) is 0.174. The van der Waals surface area contributed by atoms with Crippen molar-refractivity contribution in [2.75, 3.05) is 11.9 Å². The van der Waals surface area contributed by atoms with Gasteiger partial charge in [0.1, 0.15) is 10.9 Å².